The van der Waals surface area contributed by atoms with Crippen molar-refractivity contribution in [1.82, 2.24) is 19.9 Å². The summed E-state index contributed by atoms with van der Waals surface area (Å²) in [5, 5.41) is 4.02. The minimum atomic E-state index is -2.63. The summed E-state index contributed by atoms with van der Waals surface area (Å²) in [6.07, 6.45) is 4.32. The number of halogens is 2. The van der Waals surface area contributed by atoms with Gasteiger partial charge in [-0.1, -0.05) is 0 Å². The molecule has 174 valence electrons. The fourth-order valence-corrected chi connectivity index (χ4v) is 4.31. The molecule has 1 aliphatic carbocycles. The summed E-state index contributed by atoms with van der Waals surface area (Å²) in [5.74, 6) is 1.76. The van der Waals surface area contributed by atoms with Crippen LogP contribution in [0.15, 0.2) is 36.7 Å². The molecule has 1 aliphatic heterocycles. The first-order valence-corrected chi connectivity index (χ1v) is 11.3. The Balaban J connectivity index is 1.34. The molecule has 0 unspecified atom stereocenters. The molecule has 2 fully saturated rings. The van der Waals surface area contributed by atoms with Crippen LogP contribution in [0.2, 0.25) is 0 Å². The zero-order valence-corrected chi connectivity index (χ0v) is 18.2. The van der Waals surface area contributed by atoms with Crippen LogP contribution in [-0.4, -0.2) is 58.4 Å². The molecular weight excluding hydrogens is 430 g/mol. The third-order valence-corrected chi connectivity index (χ3v) is 6.07. The smallest absolute Gasteiger partial charge is 0.280 e. The summed E-state index contributed by atoms with van der Waals surface area (Å²) in [7, 11) is 0. The van der Waals surface area contributed by atoms with Crippen LogP contribution in [0.4, 0.5) is 20.5 Å². The second-order valence-corrected chi connectivity index (χ2v) is 8.30. The number of anilines is 2. The second kappa shape index (κ2) is 9.78. The van der Waals surface area contributed by atoms with Crippen LogP contribution < -0.4 is 15.0 Å². The van der Waals surface area contributed by atoms with E-state index in [1.807, 2.05) is 0 Å². The van der Waals surface area contributed by atoms with Crippen LogP contribution in [0.5, 0.6) is 5.88 Å². The third kappa shape index (κ3) is 5.11. The van der Waals surface area contributed by atoms with Crippen molar-refractivity contribution in [2.45, 2.75) is 44.3 Å². The van der Waals surface area contributed by atoms with Gasteiger partial charge in [0.15, 0.2) is 0 Å². The van der Waals surface area contributed by atoms with Gasteiger partial charge in [0.25, 0.3) is 6.43 Å². The molecule has 3 aromatic rings. The molecule has 4 heterocycles. The number of aromatic nitrogens is 4. The van der Waals surface area contributed by atoms with Crippen molar-refractivity contribution in [1.29, 1.82) is 0 Å². The Morgan fingerprint density at radius 2 is 1.79 bits per heavy atom. The maximum absolute atomic E-state index is 13.3. The van der Waals surface area contributed by atoms with Crippen molar-refractivity contribution >= 4 is 22.7 Å². The van der Waals surface area contributed by atoms with Crippen molar-refractivity contribution in [2.24, 2.45) is 0 Å². The van der Waals surface area contributed by atoms with Gasteiger partial charge in [-0.05, 0) is 43.9 Å². The zero-order chi connectivity index (χ0) is 22.6. The molecule has 3 aromatic heterocycles. The van der Waals surface area contributed by atoms with Gasteiger partial charge in [0.05, 0.1) is 24.1 Å². The van der Waals surface area contributed by atoms with Gasteiger partial charge < -0.3 is 19.7 Å². The van der Waals surface area contributed by atoms with E-state index in [9.17, 15) is 8.78 Å². The number of pyridine rings is 2. The Morgan fingerprint density at radius 1 is 1.03 bits per heavy atom. The van der Waals surface area contributed by atoms with Crippen LogP contribution in [0.3, 0.4) is 0 Å². The van der Waals surface area contributed by atoms with Gasteiger partial charge in [0.2, 0.25) is 11.8 Å². The Hall–Kier alpha value is -3.14. The van der Waals surface area contributed by atoms with Gasteiger partial charge in [-0.3, -0.25) is 0 Å². The highest BCUT2D eigenvalue weighted by Crippen LogP contribution is 2.32. The maximum atomic E-state index is 13.3. The normalized spacial score (nSPS) is 21.4. The van der Waals surface area contributed by atoms with E-state index in [2.05, 4.69) is 25.2 Å². The predicted molar refractivity (Wildman–Crippen MR) is 120 cm³/mol. The first-order chi connectivity index (χ1) is 16.2. The van der Waals surface area contributed by atoms with Crippen LogP contribution in [-0.2, 0) is 4.74 Å². The quantitative estimate of drug-likeness (QED) is 0.596. The molecule has 0 bridgehead atoms. The highest BCUT2D eigenvalue weighted by molar-refractivity contribution is 5.86. The molecule has 0 radical (unpaired) electrons. The summed E-state index contributed by atoms with van der Waals surface area (Å²) < 4.78 is 38.3. The number of nitrogens with zero attached hydrogens (tertiary/aromatic N) is 5. The van der Waals surface area contributed by atoms with E-state index in [1.165, 1.54) is 6.07 Å². The van der Waals surface area contributed by atoms with Gasteiger partial charge in [-0.2, -0.15) is 4.98 Å². The minimum absolute atomic E-state index is 0.00911. The fraction of sp³-hybridized carbons (Fsp3) is 0.478. The lowest BCUT2D eigenvalue weighted by molar-refractivity contribution is 0.122. The topological polar surface area (TPSA) is 85.3 Å². The maximum Gasteiger partial charge on any atom is 0.280 e. The highest BCUT2D eigenvalue weighted by atomic mass is 19.3. The number of ether oxygens (including phenoxy) is 2. The Bertz CT molecular complexity index is 1070. The number of fused-ring (bicyclic) bond motifs is 1. The number of hydrogen-bond donors (Lipinski definition) is 1. The zero-order valence-electron chi connectivity index (χ0n) is 18.2. The summed E-state index contributed by atoms with van der Waals surface area (Å²) in [4.78, 5) is 19.5. The molecule has 2 aliphatic rings. The van der Waals surface area contributed by atoms with E-state index >= 15 is 0 Å². The molecule has 8 nitrogen and oxygen atoms in total. The van der Waals surface area contributed by atoms with Gasteiger partial charge >= 0.3 is 0 Å². The average molecular weight is 456 g/mol. The number of alkyl halides is 2. The van der Waals surface area contributed by atoms with E-state index in [0.717, 1.165) is 25.7 Å². The molecule has 1 saturated carbocycles. The van der Waals surface area contributed by atoms with Gasteiger partial charge in [-0.25, -0.2) is 23.7 Å². The molecule has 0 atom stereocenters. The van der Waals surface area contributed by atoms with Crippen LogP contribution >= 0.6 is 0 Å². The SMILES string of the molecule is FC(F)c1ccc2c(OC3CCC(Nc4ncccn4)CC3)nc(N3CCOCC3)cc2n1. The molecule has 33 heavy (non-hydrogen) atoms. The number of morpholine rings is 1. The predicted octanol–water partition coefficient (Wildman–Crippen LogP) is 4.00. The van der Waals surface area contributed by atoms with E-state index in [0.29, 0.717) is 54.9 Å². The Kier molecular flexibility index (Phi) is 6.43. The summed E-state index contributed by atoms with van der Waals surface area (Å²) >= 11 is 0. The van der Waals surface area contributed by atoms with Gasteiger partial charge in [0, 0.05) is 37.6 Å². The highest BCUT2D eigenvalue weighted by Gasteiger charge is 2.25. The Morgan fingerprint density at radius 3 is 2.52 bits per heavy atom. The van der Waals surface area contributed by atoms with Crippen molar-refractivity contribution < 1.29 is 18.3 Å². The van der Waals surface area contributed by atoms with Crippen molar-refractivity contribution in [2.75, 3.05) is 36.5 Å². The first kappa shape index (κ1) is 21.7. The third-order valence-electron chi connectivity index (χ3n) is 6.07. The van der Waals surface area contributed by atoms with Crippen LogP contribution in [0.25, 0.3) is 10.9 Å². The minimum Gasteiger partial charge on any atom is -0.474 e. The van der Waals surface area contributed by atoms with Crippen LogP contribution in [0.1, 0.15) is 37.8 Å². The molecule has 0 amide bonds. The summed E-state index contributed by atoms with van der Waals surface area (Å²) in [5.41, 5.74) is 0.221. The molecule has 5 rings (SSSR count). The lowest BCUT2D eigenvalue weighted by Gasteiger charge is -2.31. The lowest BCUT2D eigenvalue weighted by Crippen LogP contribution is -2.37. The van der Waals surface area contributed by atoms with E-state index in [-0.39, 0.29) is 17.8 Å². The number of rotatable bonds is 6. The van der Waals surface area contributed by atoms with E-state index < -0.39 is 6.43 Å². The van der Waals surface area contributed by atoms with E-state index in [4.69, 9.17) is 14.5 Å². The Labute approximate surface area is 190 Å². The van der Waals surface area contributed by atoms with Crippen molar-refractivity contribution in [3.63, 3.8) is 0 Å². The first-order valence-electron chi connectivity index (χ1n) is 11.3. The number of nitrogens with one attached hydrogen (secondary N) is 1. The van der Waals surface area contributed by atoms with E-state index in [1.54, 1.807) is 30.6 Å². The van der Waals surface area contributed by atoms with Crippen LogP contribution in [0, 0.1) is 0 Å². The molecule has 0 spiro atoms. The molecule has 1 saturated heterocycles. The van der Waals surface area contributed by atoms with Crippen molar-refractivity contribution in [3.05, 3.63) is 42.4 Å². The summed E-state index contributed by atoms with van der Waals surface area (Å²) in [6, 6.07) is 6.82. The largest absolute Gasteiger partial charge is 0.474 e. The fourth-order valence-electron chi connectivity index (χ4n) is 4.31. The second-order valence-electron chi connectivity index (χ2n) is 8.30. The monoisotopic (exact) mass is 456 g/mol. The molecule has 1 N–H and O–H groups in total. The summed E-state index contributed by atoms with van der Waals surface area (Å²) in [6.45, 7) is 2.57. The van der Waals surface area contributed by atoms with Gasteiger partial charge in [-0.15, -0.1) is 0 Å². The lowest BCUT2D eigenvalue weighted by atomic mass is 9.93. The molecular formula is C23H26F2N6O2. The van der Waals surface area contributed by atoms with Crippen molar-refractivity contribution in [3.8, 4) is 5.88 Å². The standard InChI is InChI=1S/C23H26F2N6O2/c24-21(25)18-7-6-17-19(29-18)14-20(31-10-12-32-13-11-31)30-22(17)33-16-4-2-15(3-5-16)28-23-26-8-1-9-27-23/h1,6-9,14-16,21H,2-5,10-13H2,(H,26,27,28). The number of hydrogen-bond acceptors (Lipinski definition) is 8. The molecule has 0 aromatic carbocycles. The molecule has 10 heteroatoms. The van der Waals surface area contributed by atoms with Gasteiger partial charge in [0.1, 0.15) is 17.6 Å². The average Bonchev–Trinajstić information content (AvgIpc) is 2.86.